The first kappa shape index (κ1) is 19.2. The molecule has 0 atom stereocenters. The first-order valence-corrected chi connectivity index (χ1v) is 11.1. The van der Waals surface area contributed by atoms with E-state index in [1.54, 1.807) is 23.7 Å². The molecule has 8 nitrogen and oxygen atoms in total. The average Bonchev–Trinajstić information content (AvgIpc) is 3.34. The maximum absolute atomic E-state index is 11.9. The van der Waals surface area contributed by atoms with Crippen molar-refractivity contribution in [1.82, 2.24) is 25.2 Å². The highest BCUT2D eigenvalue weighted by molar-refractivity contribution is 8.18. The summed E-state index contributed by atoms with van der Waals surface area (Å²) in [5, 5.41) is 3.81. The Labute approximate surface area is 181 Å². The maximum atomic E-state index is 11.9. The van der Waals surface area contributed by atoms with E-state index in [-0.39, 0.29) is 11.1 Å². The summed E-state index contributed by atoms with van der Waals surface area (Å²) in [6, 6.07) is 5.73. The van der Waals surface area contributed by atoms with Crippen LogP contribution in [0.25, 0.3) is 27.6 Å². The third-order valence-electron chi connectivity index (χ3n) is 5.10. The molecule has 2 aliphatic heterocycles. The van der Waals surface area contributed by atoms with Gasteiger partial charge in [-0.15, -0.1) is 0 Å². The largest absolute Gasteiger partial charge is 0.346 e. The van der Waals surface area contributed by atoms with Gasteiger partial charge in [-0.05, 0) is 42.6 Å². The topological polar surface area (TPSA) is 91.3 Å². The predicted octanol–water partition coefficient (Wildman–Crippen LogP) is 2.83. The molecule has 2 amide bonds. The van der Waals surface area contributed by atoms with Crippen molar-refractivity contribution >= 4 is 56.4 Å². The van der Waals surface area contributed by atoms with E-state index in [0.717, 1.165) is 70.1 Å². The number of hydrogen-bond donors (Lipinski definition) is 1. The van der Waals surface area contributed by atoms with Crippen LogP contribution in [-0.4, -0.2) is 64.2 Å². The molecule has 3 aromatic rings. The molecule has 30 heavy (non-hydrogen) atoms. The van der Waals surface area contributed by atoms with Crippen molar-refractivity contribution < 1.29 is 9.59 Å². The molecule has 2 saturated heterocycles. The first-order chi connectivity index (χ1) is 14.6. The first-order valence-electron chi connectivity index (χ1n) is 9.46. The molecule has 10 heteroatoms. The lowest BCUT2D eigenvalue weighted by Crippen LogP contribution is -2.44. The molecule has 2 fully saturated rings. The lowest BCUT2D eigenvalue weighted by atomic mass is 10.1. The second-order valence-corrected chi connectivity index (χ2v) is 9.17. The summed E-state index contributed by atoms with van der Waals surface area (Å²) in [6.45, 7) is 3.98. The predicted molar refractivity (Wildman–Crippen MR) is 119 cm³/mol. The summed E-state index contributed by atoms with van der Waals surface area (Å²) >= 11 is 2.53. The molecule has 0 unspecified atom stereocenters. The normalized spacial score (nSPS) is 19.1. The fraction of sp³-hybridized carbons (Fsp3) is 0.250. The number of likely N-dealkylation sites (N-methyl/N-ethyl adjacent to an activating group) is 1. The van der Waals surface area contributed by atoms with Gasteiger partial charge in [0.1, 0.15) is 6.33 Å². The Kier molecular flexibility index (Phi) is 4.97. The van der Waals surface area contributed by atoms with Gasteiger partial charge < -0.3 is 9.80 Å². The van der Waals surface area contributed by atoms with Crippen molar-refractivity contribution in [1.29, 1.82) is 0 Å². The van der Waals surface area contributed by atoms with Crippen LogP contribution in [0.2, 0.25) is 0 Å². The van der Waals surface area contributed by atoms with E-state index >= 15 is 0 Å². The van der Waals surface area contributed by atoms with E-state index in [1.165, 1.54) is 0 Å². The van der Waals surface area contributed by atoms with Crippen LogP contribution in [0.4, 0.5) is 9.93 Å². The van der Waals surface area contributed by atoms with Crippen LogP contribution >= 0.6 is 23.1 Å². The van der Waals surface area contributed by atoms with Crippen LogP contribution in [-0.2, 0) is 4.79 Å². The summed E-state index contributed by atoms with van der Waals surface area (Å²) in [5.41, 5.74) is 2.45. The fourth-order valence-corrected chi connectivity index (χ4v) is 5.11. The van der Waals surface area contributed by atoms with E-state index in [4.69, 9.17) is 0 Å². The van der Waals surface area contributed by atoms with Crippen molar-refractivity contribution in [3.8, 4) is 10.6 Å². The second kappa shape index (κ2) is 7.78. The smallest absolute Gasteiger partial charge is 0.290 e. The standard InChI is InChI=1S/C20H18N6O2S2/c1-25-4-6-26(7-5-25)19-21-10-16(29-19)17-13-8-12(2-3-14(13)22-11-23-17)9-15-18(27)24-20(28)30-15/h2-3,8-11H,4-7H2,1H3,(H,24,27,28)/b15-9-. The van der Waals surface area contributed by atoms with Crippen molar-refractivity contribution in [3.05, 3.63) is 41.2 Å². The van der Waals surface area contributed by atoms with Gasteiger partial charge in [0.2, 0.25) is 0 Å². The molecule has 0 radical (unpaired) electrons. The van der Waals surface area contributed by atoms with E-state index in [1.807, 2.05) is 24.4 Å². The summed E-state index contributed by atoms with van der Waals surface area (Å²) in [6.07, 6.45) is 5.14. The quantitative estimate of drug-likeness (QED) is 0.624. The van der Waals surface area contributed by atoms with Gasteiger partial charge in [-0.2, -0.15) is 0 Å². The minimum atomic E-state index is -0.367. The summed E-state index contributed by atoms with van der Waals surface area (Å²) in [5.74, 6) is -0.367. The highest BCUT2D eigenvalue weighted by Gasteiger charge is 2.25. The Morgan fingerprint density at radius 2 is 1.93 bits per heavy atom. The van der Waals surface area contributed by atoms with Gasteiger partial charge in [-0.3, -0.25) is 14.9 Å². The molecule has 5 rings (SSSR count). The molecule has 0 aliphatic carbocycles. The number of benzene rings is 1. The third kappa shape index (κ3) is 3.69. The third-order valence-corrected chi connectivity index (χ3v) is 6.98. The molecule has 0 spiro atoms. The van der Waals surface area contributed by atoms with Crippen molar-refractivity contribution in [3.63, 3.8) is 0 Å². The molecular formula is C20H18N6O2S2. The van der Waals surface area contributed by atoms with Gasteiger partial charge in [0.15, 0.2) is 5.13 Å². The maximum Gasteiger partial charge on any atom is 0.290 e. The summed E-state index contributed by atoms with van der Waals surface area (Å²) in [4.78, 5) is 42.8. The van der Waals surface area contributed by atoms with E-state index < -0.39 is 0 Å². The van der Waals surface area contributed by atoms with Crippen LogP contribution in [0.1, 0.15) is 5.56 Å². The van der Waals surface area contributed by atoms with Crippen LogP contribution in [0.15, 0.2) is 35.6 Å². The number of thiazole rings is 1. The number of piperazine rings is 1. The van der Waals surface area contributed by atoms with Crippen molar-refractivity contribution in [2.75, 3.05) is 38.1 Å². The molecule has 1 aromatic carbocycles. The number of thioether (sulfide) groups is 1. The number of carbonyl (C=O) groups excluding carboxylic acids is 2. The zero-order chi connectivity index (χ0) is 20.7. The highest BCUT2D eigenvalue weighted by Crippen LogP contribution is 2.35. The van der Waals surface area contributed by atoms with Gasteiger partial charge >= 0.3 is 0 Å². The van der Waals surface area contributed by atoms with Gasteiger partial charge in [0.25, 0.3) is 11.1 Å². The number of aromatic nitrogens is 3. The average molecular weight is 439 g/mol. The van der Waals surface area contributed by atoms with Gasteiger partial charge in [0.05, 0.1) is 21.0 Å². The number of anilines is 1. The summed E-state index contributed by atoms with van der Waals surface area (Å²) in [7, 11) is 2.13. The number of hydrogen-bond acceptors (Lipinski definition) is 9. The Hall–Kier alpha value is -2.82. The molecule has 4 heterocycles. The number of nitrogens with one attached hydrogen (secondary N) is 1. The molecular weight excluding hydrogens is 420 g/mol. The number of amides is 2. The lowest BCUT2D eigenvalue weighted by Gasteiger charge is -2.32. The minimum Gasteiger partial charge on any atom is -0.346 e. The molecule has 1 N–H and O–H groups in total. The molecule has 152 valence electrons. The fourth-order valence-electron chi connectivity index (χ4n) is 3.45. The number of fused-ring (bicyclic) bond motifs is 1. The summed E-state index contributed by atoms with van der Waals surface area (Å²) < 4.78 is 0. The van der Waals surface area contributed by atoms with Crippen LogP contribution in [0.3, 0.4) is 0 Å². The Morgan fingerprint density at radius 1 is 1.10 bits per heavy atom. The van der Waals surface area contributed by atoms with Gasteiger partial charge in [-0.25, -0.2) is 15.0 Å². The van der Waals surface area contributed by atoms with E-state index in [9.17, 15) is 9.59 Å². The van der Waals surface area contributed by atoms with Crippen molar-refractivity contribution in [2.45, 2.75) is 0 Å². The highest BCUT2D eigenvalue weighted by atomic mass is 32.2. The van der Waals surface area contributed by atoms with Crippen molar-refractivity contribution in [2.24, 2.45) is 0 Å². The van der Waals surface area contributed by atoms with Crippen LogP contribution in [0.5, 0.6) is 0 Å². The SMILES string of the molecule is CN1CCN(c2ncc(-c3ncnc4ccc(/C=C5\SC(=O)NC5=O)cc34)s2)CC1. The van der Waals surface area contributed by atoms with Crippen LogP contribution in [0, 0.1) is 0 Å². The number of carbonyl (C=O) groups is 2. The number of nitrogens with zero attached hydrogens (tertiary/aromatic N) is 5. The minimum absolute atomic E-state index is 0.350. The molecule has 2 aliphatic rings. The zero-order valence-corrected chi connectivity index (χ0v) is 17.8. The molecule has 2 aromatic heterocycles. The van der Waals surface area contributed by atoms with Crippen LogP contribution < -0.4 is 10.2 Å². The van der Waals surface area contributed by atoms with E-state index in [2.05, 4.69) is 37.1 Å². The molecule has 0 bridgehead atoms. The van der Waals surface area contributed by atoms with E-state index in [0.29, 0.717) is 4.91 Å². The molecule has 0 saturated carbocycles. The Bertz CT molecular complexity index is 1180. The monoisotopic (exact) mass is 438 g/mol. The van der Waals surface area contributed by atoms with Gasteiger partial charge in [-0.1, -0.05) is 17.4 Å². The number of imide groups is 1. The Morgan fingerprint density at radius 3 is 2.70 bits per heavy atom. The second-order valence-electron chi connectivity index (χ2n) is 7.15. The Balaban J connectivity index is 1.50. The number of rotatable bonds is 3. The van der Waals surface area contributed by atoms with Gasteiger partial charge in [0, 0.05) is 37.8 Å². The zero-order valence-electron chi connectivity index (χ0n) is 16.2. The lowest BCUT2D eigenvalue weighted by molar-refractivity contribution is -0.115.